The van der Waals surface area contributed by atoms with E-state index in [1.54, 1.807) is 0 Å². The molecular weight excluding hydrogens is 250 g/mol. The smallest absolute Gasteiger partial charge is 0.239 e. The van der Waals surface area contributed by atoms with Crippen LogP contribution in [0, 0.1) is 11.8 Å². The summed E-state index contributed by atoms with van der Waals surface area (Å²) >= 11 is 0. The molecule has 3 fully saturated rings. The molecule has 0 aromatic rings. The van der Waals surface area contributed by atoms with Gasteiger partial charge in [0.15, 0.2) is 0 Å². The van der Waals surface area contributed by atoms with E-state index in [9.17, 15) is 4.79 Å². The van der Waals surface area contributed by atoms with E-state index in [1.165, 1.54) is 32.1 Å². The Balaban J connectivity index is 1.58. The molecule has 1 saturated carbocycles. The molecule has 5 unspecified atom stereocenters. The standard InChI is InChI=1S/C16H29N3O/c1-11(17)13-6-4-8-19(10-13)16(20)15-9-12-5-2-3-7-14(12)18-15/h11-15,18H,2-10,17H2,1H3. The van der Waals surface area contributed by atoms with Crippen molar-refractivity contribution in [2.24, 2.45) is 17.6 Å². The van der Waals surface area contributed by atoms with Crippen molar-refractivity contribution in [1.82, 2.24) is 10.2 Å². The molecule has 0 aromatic carbocycles. The minimum Gasteiger partial charge on any atom is -0.341 e. The fourth-order valence-corrected chi connectivity index (χ4v) is 4.37. The molecule has 2 heterocycles. The Morgan fingerprint density at radius 2 is 2.05 bits per heavy atom. The fourth-order valence-electron chi connectivity index (χ4n) is 4.37. The number of nitrogens with one attached hydrogen (secondary N) is 1. The molecule has 0 aromatic heterocycles. The number of hydrogen-bond acceptors (Lipinski definition) is 3. The molecule has 114 valence electrons. The molecule has 4 heteroatoms. The van der Waals surface area contributed by atoms with E-state index < -0.39 is 0 Å². The van der Waals surface area contributed by atoms with Crippen molar-refractivity contribution in [2.75, 3.05) is 13.1 Å². The number of carbonyl (C=O) groups excluding carboxylic acids is 1. The third-order valence-electron chi connectivity index (χ3n) is 5.67. The molecule has 0 bridgehead atoms. The van der Waals surface area contributed by atoms with Crippen LogP contribution in [0.1, 0.15) is 51.9 Å². The number of fused-ring (bicyclic) bond motifs is 1. The second-order valence-corrected chi connectivity index (χ2v) is 7.15. The molecule has 2 saturated heterocycles. The summed E-state index contributed by atoms with van der Waals surface area (Å²) in [5, 5.41) is 3.61. The predicted octanol–water partition coefficient (Wildman–Crippen LogP) is 1.49. The largest absolute Gasteiger partial charge is 0.341 e. The lowest BCUT2D eigenvalue weighted by Gasteiger charge is -2.36. The van der Waals surface area contributed by atoms with E-state index in [1.807, 2.05) is 0 Å². The van der Waals surface area contributed by atoms with Crippen LogP contribution in [0.2, 0.25) is 0 Å². The quantitative estimate of drug-likeness (QED) is 0.805. The summed E-state index contributed by atoms with van der Waals surface area (Å²) in [6.07, 6.45) is 8.58. The Bertz CT molecular complexity index is 340. The van der Waals surface area contributed by atoms with Gasteiger partial charge in [0.1, 0.15) is 0 Å². The minimum absolute atomic E-state index is 0.0786. The second-order valence-electron chi connectivity index (χ2n) is 7.15. The Morgan fingerprint density at radius 3 is 2.80 bits per heavy atom. The first-order valence-corrected chi connectivity index (χ1v) is 8.45. The average molecular weight is 279 g/mol. The van der Waals surface area contributed by atoms with E-state index in [-0.39, 0.29) is 12.1 Å². The number of rotatable bonds is 2. The summed E-state index contributed by atoms with van der Waals surface area (Å²) in [6.45, 7) is 3.86. The van der Waals surface area contributed by atoms with Gasteiger partial charge in [-0.3, -0.25) is 4.79 Å². The number of nitrogens with zero attached hydrogens (tertiary/aromatic N) is 1. The molecular formula is C16H29N3O. The lowest BCUT2D eigenvalue weighted by molar-refractivity contribution is -0.135. The molecule has 5 atom stereocenters. The normalized spacial score (nSPS) is 39.4. The lowest BCUT2D eigenvalue weighted by Crippen LogP contribution is -2.51. The van der Waals surface area contributed by atoms with Crippen LogP contribution < -0.4 is 11.1 Å². The van der Waals surface area contributed by atoms with Crippen molar-refractivity contribution in [3.05, 3.63) is 0 Å². The van der Waals surface area contributed by atoms with Crippen LogP contribution in [0.15, 0.2) is 0 Å². The third kappa shape index (κ3) is 2.86. The van der Waals surface area contributed by atoms with Crippen LogP contribution in [0.5, 0.6) is 0 Å². The molecule has 1 aliphatic carbocycles. The number of hydrogen-bond donors (Lipinski definition) is 2. The highest BCUT2D eigenvalue weighted by Crippen LogP contribution is 2.34. The first-order chi connectivity index (χ1) is 9.65. The topological polar surface area (TPSA) is 58.4 Å². The molecule has 3 rings (SSSR count). The van der Waals surface area contributed by atoms with Crippen molar-refractivity contribution >= 4 is 5.91 Å². The number of carbonyl (C=O) groups is 1. The Kier molecular flexibility index (Phi) is 4.32. The van der Waals surface area contributed by atoms with E-state index in [0.717, 1.165) is 31.8 Å². The van der Waals surface area contributed by atoms with Crippen molar-refractivity contribution < 1.29 is 4.79 Å². The van der Waals surface area contributed by atoms with Gasteiger partial charge in [-0.1, -0.05) is 12.8 Å². The molecule has 20 heavy (non-hydrogen) atoms. The van der Waals surface area contributed by atoms with Crippen LogP contribution in [0.4, 0.5) is 0 Å². The molecule has 3 aliphatic rings. The summed E-state index contributed by atoms with van der Waals surface area (Å²) in [4.78, 5) is 14.8. The Labute approximate surface area is 122 Å². The van der Waals surface area contributed by atoms with Crippen LogP contribution in [0.3, 0.4) is 0 Å². The summed E-state index contributed by atoms with van der Waals surface area (Å²) in [7, 11) is 0. The molecule has 4 nitrogen and oxygen atoms in total. The molecule has 3 N–H and O–H groups in total. The van der Waals surface area contributed by atoms with E-state index in [2.05, 4.69) is 17.1 Å². The van der Waals surface area contributed by atoms with Gasteiger partial charge in [0.05, 0.1) is 6.04 Å². The average Bonchev–Trinajstić information content (AvgIpc) is 2.90. The molecule has 0 radical (unpaired) electrons. The molecule has 1 amide bonds. The van der Waals surface area contributed by atoms with Crippen LogP contribution in [-0.2, 0) is 4.79 Å². The van der Waals surface area contributed by atoms with Gasteiger partial charge in [0, 0.05) is 25.2 Å². The van der Waals surface area contributed by atoms with Crippen LogP contribution >= 0.6 is 0 Å². The van der Waals surface area contributed by atoms with E-state index >= 15 is 0 Å². The van der Waals surface area contributed by atoms with Crippen LogP contribution in [0.25, 0.3) is 0 Å². The van der Waals surface area contributed by atoms with Gasteiger partial charge in [-0.15, -0.1) is 0 Å². The van der Waals surface area contributed by atoms with Gasteiger partial charge >= 0.3 is 0 Å². The van der Waals surface area contributed by atoms with Crippen molar-refractivity contribution in [3.8, 4) is 0 Å². The zero-order valence-electron chi connectivity index (χ0n) is 12.7. The van der Waals surface area contributed by atoms with Crippen molar-refractivity contribution in [3.63, 3.8) is 0 Å². The Morgan fingerprint density at radius 1 is 1.25 bits per heavy atom. The maximum atomic E-state index is 12.7. The minimum atomic E-state index is 0.0786. The summed E-state index contributed by atoms with van der Waals surface area (Å²) in [6, 6.07) is 0.881. The summed E-state index contributed by atoms with van der Waals surface area (Å²) in [5.74, 6) is 1.56. The van der Waals surface area contributed by atoms with Gasteiger partial charge in [-0.05, 0) is 50.9 Å². The van der Waals surface area contributed by atoms with Gasteiger partial charge in [-0.2, -0.15) is 0 Å². The van der Waals surface area contributed by atoms with Gasteiger partial charge in [0.25, 0.3) is 0 Å². The number of nitrogens with two attached hydrogens (primary N) is 1. The van der Waals surface area contributed by atoms with Crippen molar-refractivity contribution in [1.29, 1.82) is 0 Å². The van der Waals surface area contributed by atoms with Gasteiger partial charge < -0.3 is 16.0 Å². The maximum absolute atomic E-state index is 12.7. The zero-order chi connectivity index (χ0) is 14.1. The zero-order valence-corrected chi connectivity index (χ0v) is 12.7. The number of piperidine rings is 1. The summed E-state index contributed by atoms with van der Waals surface area (Å²) < 4.78 is 0. The molecule has 2 aliphatic heterocycles. The highest BCUT2D eigenvalue weighted by Gasteiger charge is 2.40. The third-order valence-corrected chi connectivity index (χ3v) is 5.67. The predicted molar refractivity (Wildman–Crippen MR) is 80.2 cm³/mol. The Hall–Kier alpha value is -0.610. The highest BCUT2D eigenvalue weighted by molar-refractivity contribution is 5.82. The fraction of sp³-hybridized carbons (Fsp3) is 0.938. The van der Waals surface area contributed by atoms with E-state index in [0.29, 0.717) is 17.9 Å². The first kappa shape index (κ1) is 14.3. The molecule has 0 spiro atoms. The lowest BCUT2D eigenvalue weighted by atomic mass is 9.85. The number of likely N-dealkylation sites (tertiary alicyclic amines) is 1. The monoisotopic (exact) mass is 279 g/mol. The van der Waals surface area contributed by atoms with Gasteiger partial charge in [0.2, 0.25) is 5.91 Å². The van der Waals surface area contributed by atoms with Gasteiger partial charge in [-0.25, -0.2) is 0 Å². The maximum Gasteiger partial charge on any atom is 0.239 e. The second kappa shape index (κ2) is 6.02. The summed E-state index contributed by atoms with van der Waals surface area (Å²) in [5.41, 5.74) is 6.02. The SMILES string of the molecule is CC(N)C1CCCN(C(=O)C2CC3CCCCC3N2)C1. The van der Waals surface area contributed by atoms with Crippen molar-refractivity contribution in [2.45, 2.75) is 70.0 Å². The first-order valence-electron chi connectivity index (χ1n) is 8.45. The van der Waals surface area contributed by atoms with E-state index in [4.69, 9.17) is 5.73 Å². The highest BCUT2D eigenvalue weighted by atomic mass is 16.2. The van der Waals surface area contributed by atoms with Crippen LogP contribution in [-0.4, -0.2) is 42.0 Å². The number of amides is 1.